The van der Waals surface area contributed by atoms with Crippen molar-refractivity contribution in [2.45, 2.75) is 53.2 Å². The summed E-state index contributed by atoms with van der Waals surface area (Å²) in [5, 5.41) is 2.83. The molecule has 0 aromatic heterocycles. The van der Waals surface area contributed by atoms with Crippen LogP contribution in [0.25, 0.3) is 11.1 Å². The maximum absolute atomic E-state index is 14.4. The van der Waals surface area contributed by atoms with Gasteiger partial charge in [-0.25, -0.2) is 4.39 Å². The van der Waals surface area contributed by atoms with E-state index < -0.39 is 0 Å². The largest absolute Gasteiger partial charge is 0.489 e. The third kappa shape index (κ3) is 7.93. The fourth-order valence-electron chi connectivity index (χ4n) is 4.57. The van der Waals surface area contributed by atoms with Crippen molar-refractivity contribution in [3.05, 3.63) is 119 Å². The standard InChI is InChI=1S/C34H36FNO3/c1-24-15-18-33(35)30(20-24)23-39-34-21-31(17-16-28(34)12-7-8-19-36-26(3)37)38-22-29-13-9-14-32(25(29)2)27-10-5-4-6-11-27/h4-6,9-11,13-18,20-21H,7-8,12,19,22-23H2,1-3H3,(H,36,37). The van der Waals surface area contributed by atoms with Gasteiger partial charge >= 0.3 is 0 Å². The zero-order valence-electron chi connectivity index (χ0n) is 22.9. The summed E-state index contributed by atoms with van der Waals surface area (Å²) in [6.07, 6.45) is 2.53. The Morgan fingerprint density at radius 2 is 1.59 bits per heavy atom. The second-order valence-electron chi connectivity index (χ2n) is 9.84. The highest BCUT2D eigenvalue weighted by Crippen LogP contribution is 2.30. The van der Waals surface area contributed by atoms with Gasteiger partial charge in [-0.05, 0) is 79.1 Å². The summed E-state index contributed by atoms with van der Waals surface area (Å²) in [6.45, 7) is 6.78. The number of carbonyl (C=O) groups is 1. The Morgan fingerprint density at radius 1 is 0.795 bits per heavy atom. The van der Waals surface area contributed by atoms with E-state index in [1.165, 1.54) is 29.7 Å². The third-order valence-corrected chi connectivity index (χ3v) is 6.79. The van der Waals surface area contributed by atoms with E-state index >= 15 is 0 Å². The molecule has 0 spiro atoms. The maximum atomic E-state index is 14.4. The summed E-state index contributed by atoms with van der Waals surface area (Å²) in [5.41, 5.74) is 7.20. The highest BCUT2D eigenvalue weighted by Gasteiger charge is 2.11. The van der Waals surface area contributed by atoms with Crippen LogP contribution in [0.1, 0.15) is 47.6 Å². The SMILES string of the molecule is CC(=O)NCCCCc1ccc(OCc2cccc(-c3ccccc3)c2C)cc1OCc1cc(C)ccc1F. The van der Waals surface area contributed by atoms with E-state index in [9.17, 15) is 9.18 Å². The van der Waals surface area contributed by atoms with E-state index in [4.69, 9.17) is 9.47 Å². The molecule has 4 aromatic carbocycles. The van der Waals surface area contributed by atoms with Crippen molar-refractivity contribution in [3.8, 4) is 22.6 Å². The van der Waals surface area contributed by atoms with Gasteiger partial charge in [0.15, 0.2) is 0 Å². The molecule has 0 saturated heterocycles. The molecule has 0 aliphatic heterocycles. The lowest BCUT2D eigenvalue weighted by Gasteiger charge is -2.16. The molecule has 0 heterocycles. The Kier molecular flexibility index (Phi) is 9.74. The van der Waals surface area contributed by atoms with Crippen LogP contribution in [-0.2, 0) is 24.4 Å². The predicted octanol–water partition coefficient (Wildman–Crippen LogP) is 7.73. The lowest BCUT2D eigenvalue weighted by Crippen LogP contribution is -2.20. The molecule has 39 heavy (non-hydrogen) atoms. The van der Waals surface area contributed by atoms with Crippen LogP contribution in [0.3, 0.4) is 0 Å². The minimum Gasteiger partial charge on any atom is -0.489 e. The van der Waals surface area contributed by atoms with Crippen LogP contribution in [-0.4, -0.2) is 12.5 Å². The normalized spacial score (nSPS) is 10.8. The quantitative estimate of drug-likeness (QED) is 0.193. The molecule has 0 unspecified atom stereocenters. The van der Waals surface area contributed by atoms with Gasteiger partial charge in [0.1, 0.15) is 30.5 Å². The van der Waals surface area contributed by atoms with Gasteiger partial charge in [0.25, 0.3) is 0 Å². The first-order valence-corrected chi connectivity index (χ1v) is 13.4. The molecular weight excluding hydrogens is 489 g/mol. The van der Waals surface area contributed by atoms with Crippen molar-refractivity contribution in [1.82, 2.24) is 5.32 Å². The summed E-state index contributed by atoms with van der Waals surface area (Å²) < 4.78 is 26.7. The minimum absolute atomic E-state index is 0.0229. The molecule has 4 rings (SSSR count). The number of hydrogen-bond acceptors (Lipinski definition) is 3. The van der Waals surface area contributed by atoms with Gasteiger partial charge in [-0.15, -0.1) is 0 Å². The third-order valence-electron chi connectivity index (χ3n) is 6.79. The second kappa shape index (κ2) is 13.6. The second-order valence-corrected chi connectivity index (χ2v) is 9.84. The number of benzene rings is 4. The lowest BCUT2D eigenvalue weighted by molar-refractivity contribution is -0.118. The molecule has 4 nitrogen and oxygen atoms in total. The molecular formula is C34H36FNO3. The number of unbranched alkanes of at least 4 members (excludes halogenated alkanes) is 1. The van der Waals surface area contributed by atoms with Gasteiger partial charge < -0.3 is 14.8 Å². The van der Waals surface area contributed by atoms with Gasteiger partial charge in [0.2, 0.25) is 5.91 Å². The van der Waals surface area contributed by atoms with Gasteiger partial charge in [-0.1, -0.05) is 66.2 Å². The van der Waals surface area contributed by atoms with Crippen molar-refractivity contribution in [3.63, 3.8) is 0 Å². The molecule has 4 aromatic rings. The fourth-order valence-corrected chi connectivity index (χ4v) is 4.57. The summed E-state index contributed by atoms with van der Waals surface area (Å²) in [7, 11) is 0. The van der Waals surface area contributed by atoms with Gasteiger partial charge in [-0.3, -0.25) is 4.79 Å². The van der Waals surface area contributed by atoms with Crippen LogP contribution < -0.4 is 14.8 Å². The van der Waals surface area contributed by atoms with Crippen molar-refractivity contribution in [2.24, 2.45) is 0 Å². The van der Waals surface area contributed by atoms with E-state index in [2.05, 4.69) is 42.6 Å². The number of hydrogen-bond donors (Lipinski definition) is 1. The number of carbonyl (C=O) groups excluding carboxylic acids is 1. The maximum Gasteiger partial charge on any atom is 0.216 e. The van der Waals surface area contributed by atoms with E-state index in [1.807, 2.05) is 49.4 Å². The Balaban J connectivity index is 1.49. The summed E-state index contributed by atoms with van der Waals surface area (Å²) in [4.78, 5) is 11.1. The molecule has 202 valence electrons. The first kappa shape index (κ1) is 27.9. The molecule has 1 amide bonds. The number of rotatable bonds is 12. The van der Waals surface area contributed by atoms with Crippen molar-refractivity contribution in [1.29, 1.82) is 0 Å². The Bertz CT molecular complexity index is 1400. The minimum atomic E-state index is -0.279. The van der Waals surface area contributed by atoms with E-state index in [1.54, 1.807) is 6.07 Å². The topological polar surface area (TPSA) is 47.6 Å². The van der Waals surface area contributed by atoms with E-state index in [-0.39, 0.29) is 18.3 Å². The van der Waals surface area contributed by atoms with Crippen LogP contribution >= 0.6 is 0 Å². The zero-order chi connectivity index (χ0) is 27.6. The van der Waals surface area contributed by atoms with Gasteiger partial charge in [0.05, 0.1) is 0 Å². The van der Waals surface area contributed by atoms with Crippen molar-refractivity contribution in [2.75, 3.05) is 6.54 Å². The van der Waals surface area contributed by atoms with Gasteiger partial charge in [-0.2, -0.15) is 0 Å². The first-order chi connectivity index (χ1) is 18.9. The summed E-state index contributed by atoms with van der Waals surface area (Å²) in [5.74, 6) is 1.08. The molecule has 0 aliphatic carbocycles. The van der Waals surface area contributed by atoms with Crippen LogP contribution in [0.2, 0.25) is 0 Å². The predicted molar refractivity (Wildman–Crippen MR) is 154 cm³/mol. The number of aryl methyl sites for hydroxylation is 2. The van der Waals surface area contributed by atoms with E-state index in [0.717, 1.165) is 36.0 Å². The molecule has 1 N–H and O–H groups in total. The Labute approximate surface area is 230 Å². The fraction of sp³-hybridized carbons (Fsp3) is 0.265. The average molecular weight is 526 g/mol. The molecule has 5 heteroatoms. The number of ether oxygens (including phenoxy) is 2. The van der Waals surface area contributed by atoms with Crippen molar-refractivity contribution < 1.29 is 18.7 Å². The summed E-state index contributed by atoms with van der Waals surface area (Å²) in [6, 6.07) is 27.5. The number of nitrogens with one attached hydrogen (secondary N) is 1. The van der Waals surface area contributed by atoms with E-state index in [0.29, 0.717) is 30.2 Å². The van der Waals surface area contributed by atoms with Gasteiger partial charge in [0, 0.05) is 25.1 Å². The first-order valence-electron chi connectivity index (χ1n) is 13.4. The number of amides is 1. The Morgan fingerprint density at radius 3 is 2.38 bits per heavy atom. The van der Waals surface area contributed by atoms with Crippen LogP contribution in [0, 0.1) is 19.7 Å². The van der Waals surface area contributed by atoms with Crippen LogP contribution in [0.15, 0.2) is 84.9 Å². The van der Waals surface area contributed by atoms with Crippen LogP contribution in [0.4, 0.5) is 4.39 Å². The molecule has 0 fully saturated rings. The molecule has 0 bridgehead atoms. The molecule has 0 aliphatic rings. The molecule has 0 atom stereocenters. The highest BCUT2D eigenvalue weighted by atomic mass is 19.1. The average Bonchev–Trinajstić information content (AvgIpc) is 2.93. The molecule has 0 saturated carbocycles. The Hall–Kier alpha value is -4.12. The van der Waals surface area contributed by atoms with Crippen LogP contribution in [0.5, 0.6) is 11.5 Å². The summed E-state index contributed by atoms with van der Waals surface area (Å²) >= 11 is 0. The monoisotopic (exact) mass is 525 g/mol. The highest BCUT2D eigenvalue weighted by molar-refractivity contribution is 5.72. The number of halogens is 1. The zero-order valence-corrected chi connectivity index (χ0v) is 22.9. The lowest BCUT2D eigenvalue weighted by atomic mass is 9.97. The van der Waals surface area contributed by atoms with Crippen molar-refractivity contribution >= 4 is 5.91 Å². The smallest absolute Gasteiger partial charge is 0.216 e. The molecule has 0 radical (unpaired) electrons.